The van der Waals surface area contributed by atoms with Crippen molar-refractivity contribution in [2.45, 2.75) is 36.5 Å². The molecular formula is C13H19NO2S. The number of nitrogens with two attached hydrogens (primary N) is 1. The zero-order valence-electron chi connectivity index (χ0n) is 10.3. The molecule has 2 atom stereocenters. The first-order valence-corrected chi connectivity index (χ1v) is 6.88. The van der Waals surface area contributed by atoms with E-state index in [9.17, 15) is 0 Å². The lowest BCUT2D eigenvalue weighted by Crippen LogP contribution is -2.13. The minimum atomic E-state index is 0.317. The molecule has 0 radical (unpaired) electrons. The molecule has 0 amide bonds. The highest BCUT2D eigenvalue weighted by molar-refractivity contribution is 8.00. The Balaban J connectivity index is 2.09. The van der Waals surface area contributed by atoms with Crippen LogP contribution in [0.4, 0.5) is 5.69 Å². The fourth-order valence-electron chi connectivity index (χ4n) is 1.95. The second kappa shape index (κ2) is 5.65. The standard InChI is InChI=1S/C13H19NO2S/c1-3-15-11-6-10(14)7-12(8-11)17-13-4-5-16-9(13)2/h6-9,13H,3-5,14H2,1-2H3. The van der Waals surface area contributed by atoms with E-state index in [1.54, 1.807) is 0 Å². The van der Waals surface area contributed by atoms with Gasteiger partial charge in [-0.15, -0.1) is 11.8 Å². The summed E-state index contributed by atoms with van der Waals surface area (Å²) in [5.41, 5.74) is 6.63. The van der Waals surface area contributed by atoms with Crippen molar-refractivity contribution in [3.63, 3.8) is 0 Å². The number of benzene rings is 1. The molecule has 1 fully saturated rings. The van der Waals surface area contributed by atoms with E-state index in [1.807, 2.05) is 30.8 Å². The van der Waals surface area contributed by atoms with E-state index in [0.29, 0.717) is 18.0 Å². The van der Waals surface area contributed by atoms with Crippen LogP contribution in [0.2, 0.25) is 0 Å². The summed E-state index contributed by atoms with van der Waals surface area (Å²) in [6.07, 6.45) is 1.42. The van der Waals surface area contributed by atoms with E-state index >= 15 is 0 Å². The van der Waals surface area contributed by atoms with E-state index in [-0.39, 0.29) is 0 Å². The molecule has 1 aromatic rings. The molecule has 0 aromatic heterocycles. The third kappa shape index (κ3) is 3.30. The number of nitrogen functional groups attached to an aromatic ring is 1. The van der Waals surface area contributed by atoms with Crippen molar-refractivity contribution in [2.24, 2.45) is 0 Å². The van der Waals surface area contributed by atoms with Gasteiger partial charge < -0.3 is 15.2 Å². The number of anilines is 1. The number of rotatable bonds is 4. The summed E-state index contributed by atoms with van der Waals surface area (Å²) in [6, 6.07) is 5.91. The lowest BCUT2D eigenvalue weighted by Gasteiger charge is -2.14. The van der Waals surface area contributed by atoms with Gasteiger partial charge in [0.05, 0.1) is 12.7 Å². The second-order valence-corrected chi connectivity index (χ2v) is 5.50. The Kier molecular flexibility index (Phi) is 4.18. The van der Waals surface area contributed by atoms with E-state index in [4.69, 9.17) is 15.2 Å². The molecule has 0 aliphatic carbocycles. The number of hydrogen-bond donors (Lipinski definition) is 1. The Hall–Kier alpha value is -0.870. The van der Waals surface area contributed by atoms with Crippen LogP contribution in [0, 0.1) is 0 Å². The van der Waals surface area contributed by atoms with Crippen molar-refractivity contribution >= 4 is 17.4 Å². The maximum atomic E-state index is 5.87. The molecule has 1 heterocycles. The van der Waals surface area contributed by atoms with Gasteiger partial charge in [-0.25, -0.2) is 0 Å². The van der Waals surface area contributed by atoms with Crippen molar-refractivity contribution in [3.8, 4) is 5.75 Å². The van der Waals surface area contributed by atoms with E-state index < -0.39 is 0 Å². The average molecular weight is 253 g/mol. The first-order valence-electron chi connectivity index (χ1n) is 6.00. The average Bonchev–Trinajstić information content (AvgIpc) is 2.64. The van der Waals surface area contributed by atoms with Crippen LogP contribution < -0.4 is 10.5 Å². The first-order chi connectivity index (χ1) is 8.19. The molecule has 17 heavy (non-hydrogen) atoms. The minimum absolute atomic E-state index is 0.317. The summed E-state index contributed by atoms with van der Waals surface area (Å²) in [5, 5.41) is 0.520. The predicted molar refractivity (Wildman–Crippen MR) is 71.7 cm³/mol. The molecule has 0 spiro atoms. The van der Waals surface area contributed by atoms with Crippen molar-refractivity contribution in [1.29, 1.82) is 0 Å². The van der Waals surface area contributed by atoms with Gasteiger partial charge in [0.25, 0.3) is 0 Å². The van der Waals surface area contributed by atoms with Crippen molar-refractivity contribution < 1.29 is 9.47 Å². The quantitative estimate of drug-likeness (QED) is 0.838. The third-order valence-corrected chi connectivity index (χ3v) is 4.24. The number of ether oxygens (including phenoxy) is 2. The van der Waals surface area contributed by atoms with Gasteiger partial charge in [0.2, 0.25) is 0 Å². The van der Waals surface area contributed by atoms with Gasteiger partial charge in [-0.05, 0) is 32.4 Å². The maximum absolute atomic E-state index is 5.87. The normalized spacial score (nSPS) is 23.9. The van der Waals surface area contributed by atoms with Gasteiger partial charge in [-0.3, -0.25) is 0 Å². The summed E-state index contributed by atoms with van der Waals surface area (Å²) in [6.45, 7) is 5.62. The highest BCUT2D eigenvalue weighted by Crippen LogP contribution is 2.35. The highest BCUT2D eigenvalue weighted by Gasteiger charge is 2.25. The third-order valence-electron chi connectivity index (χ3n) is 2.81. The molecule has 2 N–H and O–H groups in total. The Morgan fingerprint density at radius 3 is 2.94 bits per heavy atom. The fraction of sp³-hybridized carbons (Fsp3) is 0.538. The molecular weight excluding hydrogens is 234 g/mol. The van der Waals surface area contributed by atoms with E-state index in [1.165, 1.54) is 0 Å². The van der Waals surface area contributed by atoms with Crippen LogP contribution in [0.25, 0.3) is 0 Å². The molecule has 1 aliphatic rings. The molecule has 2 unspecified atom stereocenters. The lowest BCUT2D eigenvalue weighted by molar-refractivity contribution is 0.127. The van der Waals surface area contributed by atoms with Gasteiger partial charge >= 0.3 is 0 Å². The van der Waals surface area contributed by atoms with Gasteiger partial charge in [0.1, 0.15) is 5.75 Å². The lowest BCUT2D eigenvalue weighted by atomic mass is 10.2. The summed E-state index contributed by atoms with van der Waals surface area (Å²) in [5.74, 6) is 0.849. The topological polar surface area (TPSA) is 44.5 Å². The Labute approximate surface area is 107 Å². The monoisotopic (exact) mass is 253 g/mol. The smallest absolute Gasteiger partial charge is 0.122 e. The van der Waals surface area contributed by atoms with Crippen LogP contribution in [0.5, 0.6) is 5.75 Å². The van der Waals surface area contributed by atoms with Crippen molar-refractivity contribution in [2.75, 3.05) is 18.9 Å². The van der Waals surface area contributed by atoms with Gasteiger partial charge in [-0.2, -0.15) is 0 Å². The first kappa shape index (κ1) is 12.6. The van der Waals surface area contributed by atoms with E-state index in [0.717, 1.165) is 29.4 Å². The summed E-state index contributed by atoms with van der Waals surface area (Å²) in [4.78, 5) is 1.16. The van der Waals surface area contributed by atoms with Crippen LogP contribution in [-0.4, -0.2) is 24.6 Å². The van der Waals surface area contributed by atoms with Crippen molar-refractivity contribution in [1.82, 2.24) is 0 Å². The largest absolute Gasteiger partial charge is 0.494 e. The molecule has 1 saturated heterocycles. The Morgan fingerprint density at radius 1 is 1.47 bits per heavy atom. The Morgan fingerprint density at radius 2 is 2.29 bits per heavy atom. The second-order valence-electron chi connectivity index (χ2n) is 4.19. The summed E-state index contributed by atoms with van der Waals surface area (Å²) >= 11 is 1.83. The molecule has 0 bridgehead atoms. The van der Waals surface area contributed by atoms with Crippen LogP contribution in [0.3, 0.4) is 0 Å². The van der Waals surface area contributed by atoms with Crippen LogP contribution >= 0.6 is 11.8 Å². The maximum Gasteiger partial charge on any atom is 0.122 e. The van der Waals surface area contributed by atoms with Gasteiger partial charge in [0, 0.05) is 28.5 Å². The van der Waals surface area contributed by atoms with Gasteiger partial charge in [0.15, 0.2) is 0 Å². The summed E-state index contributed by atoms with van der Waals surface area (Å²) in [7, 11) is 0. The molecule has 3 nitrogen and oxygen atoms in total. The molecule has 1 aromatic carbocycles. The number of hydrogen-bond acceptors (Lipinski definition) is 4. The molecule has 0 saturated carbocycles. The molecule has 2 rings (SSSR count). The van der Waals surface area contributed by atoms with E-state index in [2.05, 4.69) is 13.0 Å². The highest BCUT2D eigenvalue weighted by atomic mass is 32.2. The fourth-order valence-corrected chi connectivity index (χ4v) is 3.18. The SMILES string of the molecule is CCOc1cc(N)cc(SC2CCOC2C)c1. The molecule has 4 heteroatoms. The Bertz CT molecular complexity index is 384. The molecule has 1 aliphatic heterocycles. The zero-order chi connectivity index (χ0) is 12.3. The van der Waals surface area contributed by atoms with Crippen LogP contribution in [0.15, 0.2) is 23.1 Å². The van der Waals surface area contributed by atoms with Crippen LogP contribution in [0.1, 0.15) is 20.3 Å². The van der Waals surface area contributed by atoms with Crippen molar-refractivity contribution in [3.05, 3.63) is 18.2 Å². The minimum Gasteiger partial charge on any atom is -0.494 e. The number of thioether (sulfide) groups is 1. The van der Waals surface area contributed by atoms with Crippen LogP contribution in [-0.2, 0) is 4.74 Å². The van der Waals surface area contributed by atoms with Gasteiger partial charge in [-0.1, -0.05) is 0 Å². The molecule has 94 valence electrons. The predicted octanol–water partition coefficient (Wildman–Crippen LogP) is 2.94. The summed E-state index contributed by atoms with van der Waals surface area (Å²) < 4.78 is 11.1. The zero-order valence-corrected chi connectivity index (χ0v) is 11.1.